The molecular formula is C19H23NO2S. The molecule has 2 aromatic carbocycles. The van der Waals surface area contributed by atoms with Crippen LogP contribution in [0.4, 0.5) is 0 Å². The van der Waals surface area contributed by atoms with Crippen molar-refractivity contribution in [3.8, 4) is 5.75 Å². The third-order valence-electron chi connectivity index (χ3n) is 3.40. The molecule has 0 aliphatic rings. The fourth-order valence-electron chi connectivity index (χ4n) is 2.09. The van der Waals surface area contributed by atoms with Crippen LogP contribution < -0.4 is 10.1 Å². The molecule has 0 aromatic heterocycles. The number of hydrogen-bond donors (Lipinski definition) is 1. The minimum Gasteiger partial charge on any atom is -0.491 e. The summed E-state index contributed by atoms with van der Waals surface area (Å²) in [4.78, 5) is 13.3. The summed E-state index contributed by atoms with van der Waals surface area (Å²) in [7, 11) is 0. The summed E-state index contributed by atoms with van der Waals surface area (Å²) in [5.41, 5.74) is 1.10. The summed E-state index contributed by atoms with van der Waals surface area (Å²) in [6.07, 6.45) is 0. The van der Waals surface area contributed by atoms with Gasteiger partial charge in [-0.1, -0.05) is 36.4 Å². The highest BCUT2D eigenvalue weighted by molar-refractivity contribution is 8.00. The van der Waals surface area contributed by atoms with Gasteiger partial charge in [-0.15, -0.1) is 11.8 Å². The van der Waals surface area contributed by atoms with Crippen molar-refractivity contribution in [1.82, 2.24) is 5.32 Å². The Morgan fingerprint density at radius 3 is 2.43 bits per heavy atom. The second-order valence-electron chi connectivity index (χ2n) is 5.56. The summed E-state index contributed by atoms with van der Waals surface area (Å²) in [5.74, 6) is 0.889. The quantitative estimate of drug-likeness (QED) is 0.779. The Hall–Kier alpha value is -1.94. The number of rotatable bonds is 7. The van der Waals surface area contributed by atoms with Crippen LogP contribution in [0.2, 0.25) is 0 Å². The van der Waals surface area contributed by atoms with Crippen molar-refractivity contribution in [2.45, 2.75) is 37.0 Å². The van der Waals surface area contributed by atoms with E-state index in [0.717, 1.165) is 16.2 Å². The van der Waals surface area contributed by atoms with Gasteiger partial charge in [0, 0.05) is 4.90 Å². The van der Waals surface area contributed by atoms with Gasteiger partial charge in [0.1, 0.15) is 12.4 Å². The van der Waals surface area contributed by atoms with Crippen LogP contribution in [0.25, 0.3) is 0 Å². The van der Waals surface area contributed by atoms with Gasteiger partial charge in [0.15, 0.2) is 0 Å². The zero-order chi connectivity index (χ0) is 16.7. The molecule has 1 N–H and O–H groups in total. The summed E-state index contributed by atoms with van der Waals surface area (Å²) in [6, 6.07) is 17.8. The van der Waals surface area contributed by atoms with Crippen molar-refractivity contribution in [2.75, 3.05) is 6.61 Å². The van der Waals surface area contributed by atoms with Gasteiger partial charge >= 0.3 is 0 Å². The number of benzene rings is 2. The monoisotopic (exact) mass is 329 g/mol. The molecule has 0 spiro atoms. The largest absolute Gasteiger partial charge is 0.491 e. The molecule has 1 amide bonds. The summed E-state index contributed by atoms with van der Waals surface area (Å²) in [5, 5.41) is 2.86. The lowest BCUT2D eigenvalue weighted by atomic mass is 10.2. The van der Waals surface area contributed by atoms with Gasteiger partial charge in [0.2, 0.25) is 5.91 Å². The van der Waals surface area contributed by atoms with Crippen LogP contribution in [-0.4, -0.2) is 23.8 Å². The molecule has 0 heterocycles. The molecule has 0 fully saturated rings. The number of para-hydroxylation sites is 1. The molecule has 0 radical (unpaired) electrons. The number of carbonyl (C=O) groups excluding carboxylic acids is 1. The second kappa shape index (κ2) is 8.63. The maximum absolute atomic E-state index is 12.2. The number of thioether (sulfide) groups is 1. The molecule has 2 atom stereocenters. The molecule has 0 saturated heterocycles. The van der Waals surface area contributed by atoms with E-state index in [0.29, 0.717) is 6.61 Å². The summed E-state index contributed by atoms with van der Waals surface area (Å²) >= 11 is 1.56. The molecule has 23 heavy (non-hydrogen) atoms. The number of amides is 1. The average Bonchev–Trinajstić information content (AvgIpc) is 2.55. The fourth-order valence-corrected chi connectivity index (χ4v) is 2.99. The highest BCUT2D eigenvalue weighted by Gasteiger charge is 2.16. The van der Waals surface area contributed by atoms with Gasteiger partial charge in [0.05, 0.1) is 11.3 Å². The van der Waals surface area contributed by atoms with Crippen molar-refractivity contribution >= 4 is 17.7 Å². The van der Waals surface area contributed by atoms with Crippen molar-refractivity contribution < 1.29 is 9.53 Å². The SMILES string of the molecule is Cc1ccccc1OCC(C)NC(=O)C(C)Sc1ccccc1. The Kier molecular flexibility index (Phi) is 6.53. The van der Waals surface area contributed by atoms with E-state index in [1.807, 2.05) is 75.4 Å². The highest BCUT2D eigenvalue weighted by Crippen LogP contribution is 2.22. The van der Waals surface area contributed by atoms with Gasteiger partial charge in [-0.25, -0.2) is 0 Å². The first kappa shape index (κ1) is 17.4. The molecule has 3 nitrogen and oxygen atoms in total. The first-order valence-corrected chi connectivity index (χ1v) is 8.64. The smallest absolute Gasteiger partial charge is 0.233 e. The lowest BCUT2D eigenvalue weighted by molar-refractivity contribution is -0.121. The van der Waals surface area contributed by atoms with E-state index in [1.54, 1.807) is 11.8 Å². The van der Waals surface area contributed by atoms with Crippen molar-refractivity contribution in [3.05, 3.63) is 60.2 Å². The van der Waals surface area contributed by atoms with Crippen LogP contribution in [0.3, 0.4) is 0 Å². The molecule has 122 valence electrons. The fraction of sp³-hybridized carbons (Fsp3) is 0.316. The van der Waals surface area contributed by atoms with E-state index >= 15 is 0 Å². The van der Waals surface area contributed by atoms with Gasteiger partial charge in [-0.3, -0.25) is 4.79 Å². The maximum Gasteiger partial charge on any atom is 0.233 e. The summed E-state index contributed by atoms with van der Waals surface area (Å²) < 4.78 is 5.78. The topological polar surface area (TPSA) is 38.3 Å². The first-order chi connectivity index (χ1) is 11.1. The molecular weight excluding hydrogens is 306 g/mol. The molecule has 0 saturated carbocycles. The number of hydrogen-bond acceptors (Lipinski definition) is 3. The molecule has 0 aliphatic carbocycles. The maximum atomic E-state index is 12.2. The molecule has 0 bridgehead atoms. The number of nitrogens with one attached hydrogen (secondary N) is 1. The predicted molar refractivity (Wildman–Crippen MR) is 96.0 cm³/mol. The van der Waals surface area contributed by atoms with Crippen molar-refractivity contribution in [1.29, 1.82) is 0 Å². The third kappa shape index (κ3) is 5.64. The molecule has 0 aliphatic heterocycles. The first-order valence-electron chi connectivity index (χ1n) is 7.77. The Morgan fingerprint density at radius 1 is 1.09 bits per heavy atom. The van der Waals surface area contributed by atoms with E-state index in [9.17, 15) is 4.79 Å². The number of aryl methyl sites for hydroxylation is 1. The zero-order valence-electron chi connectivity index (χ0n) is 13.8. The molecule has 2 aromatic rings. The predicted octanol–water partition coefficient (Wildman–Crippen LogP) is 4.06. The molecule has 2 rings (SSSR count). The minimum absolute atomic E-state index is 0.0275. The standard InChI is InChI=1S/C19H23NO2S/c1-14-9-7-8-12-18(14)22-13-15(2)20-19(21)16(3)23-17-10-5-4-6-11-17/h4-12,15-16H,13H2,1-3H3,(H,20,21). The van der Waals surface area contributed by atoms with Gasteiger partial charge in [-0.05, 0) is 44.5 Å². The third-order valence-corrected chi connectivity index (χ3v) is 4.51. The van der Waals surface area contributed by atoms with Gasteiger partial charge in [-0.2, -0.15) is 0 Å². The van der Waals surface area contributed by atoms with Crippen LogP contribution in [0.15, 0.2) is 59.5 Å². The van der Waals surface area contributed by atoms with E-state index in [1.165, 1.54) is 0 Å². The van der Waals surface area contributed by atoms with E-state index in [2.05, 4.69) is 5.32 Å². The Bertz CT molecular complexity index is 630. The van der Waals surface area contributed by atoms with Gasteiger partial charge in [0.25, 0.3) is 0 Å². The Morgan fingerprint density at radius 2 is 1.74 bits per heavy atom. The van der Waals surface area contributed by atoms with Crippen LogP contribution in [0.1, 0.15) is 19.4 Å². The highest BCUT2D eigenvalue weighted by atomic mass is 32.2. The minimum atomic E-state index is -0.140. The Balaban J connectivity index is 1.79. The Labute approximate surface area is 142 Å². The van der Waals surface area contributed by atoms with Crippen LogP contribution >= 0.6 is 11.8 Å². The number of carbonyl (C=O) groups is 1. The van der Waals surface area contributed by atoms with Crippen molar-refractivity contribution in [2.24, 2.45) is 0 Å². The lowest BCUT2D eigenvalue weighted by Crippen LogP contribution is -2.40. The average molecular weight is 329 g/mol. The molecule has 2 unspecified atom stereocenters. The second-order valence-corrected chi connectivity index (χ2v) is 6.97. The molecule has 4 heteroatoms. The number of ether oxygens (including phenoxy) is 1. The van der Waals surface area contributed by atoms with E-state index in [-0.39, 0.29) is 17.2 Å². The van der Waals surface area contributed by atoms with Crippen LogP contribution in [0.5, 0.6) is 5.75 Å². The zero-order valence-corrected chi connectivity index (χ0v) is 14.6. The van der Waals surface area contributed by atoms with E-state index < -0.39 is 0 Å². The summed E-state index contributed by atoms with van der Waals surface area (Å²) in [6.45, 7) is 6.34. The normalized spacial score (nSPS) is 13.2. The van der Waals surface area contributed by atoms with Gasteiger partial charge < -0.3 is 10.1 Å². The lowest BCUT2D eigenvalue weighted by Gasteiger charge is -2.18. The van der Waals surface area contributed by atoms with Crippen LogP contribution in [-0.2, 0) is 4.79 Å². The van der Waals surface area contributed by atoms with Crippen LogP contribution in [0, 0.1) is 6.92 Å². The van der Waals surface area contributed by atoms with E-state index in [4.69, 9.17) is 4.74 Å². The van der Waals surface area contributed by atoms with Crippen molar-refractivity contribution in [3.63, 3.8) is 0 Å².